The Hall–Kier alpha value is -5.28. The number of hydrogen-bond acceptors (Lipinski definition) is 2. The topological polar surface area (TPSA) is 30.2 Å². The molecule has 9 aromatic rings. The van der Waals surface area contributed by atoms with Crippen molar-refractivity contribution in [2.24, 2.45) is 0 Å². The SMILES string of the molecule is c1ccc2nc3c4ccc(-c5cc6ccccc6c6ccccc56)cc4n4c5ccccc5nc4c3cc2c1. The van der Waals surface area contributed by atoms with Crippen LogP contribution in [0.25, 0.3) is 82.1 Å². The second-order valence-corrected chi connectivity index (χ2v) is 10.3. The molecule has 0 atom stereocenters. The number of rotatable bonds is 1. The monoisotopic (exact) mass is 495 g/mol. The van der Waals surface area contributed by atoms with Gasteiger partial charge in [0.05, 0.1) is 27.6 Å². The maximum atomic E-state index is 5.17. The predicted octanol–water partition coefficient (Wildman–Crippen LogP) is 9.32. The molecule has 39 heavy (non-hydrogen) atoms. The van der Waals surface area contributed by atoms with Gasteiger partial charge < -0.3 is 0 Å². The number of fused-ring (bicyclic) bond motifs is 12. The van der Waals surface area contributed by atoms with Crippen LogP contribution in [0.1, 0.15) is 0 Å². The highest BCUT2D eigenvalue weighted by molar-refractivity contribution is 6.17. The first-order valence-electron chi connectivity index (χ1n) is 13.3. The fraction of sp³-hybridized carbons (Fsp3) is 0. The summed E-state index contributed by atoms with van der Waals surface area (Å²) in [6.45, 7) is 0. The molecular weight excluding hydrogens is 474 g/mol. The molecule has 3 heteroatoms. The lowest BCUT2D eigenvalue weighted by Gasteiger charge is -2.14. The summed E-state index contributed by atoms with van der Waals surface area (Å²) in [5.41, 5.74) is 8.55. The van der Waals surface area contributed by atoms with E-state index >= 15 is 0 Å². The van der Waals surface area contributed by atoms with Gasteiger partial charge in [0, 0.05) is 16.2 Å². The van der Waals surface area contributed by atoms with Crippen LogP contribution in [-0.4, -0.2) is 14.4 Å². The molecule has 3 aromatic heterocycles. The van der Waals surface area contributed by atoms with Gasteiger partial charge in [0.15, 0.2) is 0 Å². The molecule has 0 radical (unpaired) electrons. The fourth-order valence-electron chi connectivity index (χ4n) is 6.32. The van der Waals surface area contributed by atoms with Crippen LogP contribution in [0, 0.1) is 0 Å². The molecule has 0 saturated carbocycles. The quantitative estimate of drug-likeness (QED) is 0.168. The second kappa shape index (κ2) is 7.62. The number of benzene rings is 6. The van der Waals surface area contributed by atoms with Gasteiger partial charge >= 0.3 is 0 Å². The summed E-state index contributed by atoms with van der Waals surface area (Å²) in [5, 5.41) is 8.38. The van der Waals surface area contributed by atoms with Crippen molar-refractivity contribution < 1.29 is 0 Å². The first-order valence-corrected chi connectivity index (χ1v) is 13.3. The van der Waals surface area contributed by atoms with Crippen LogP contribution in [0.15, 0.2) is 127 Å². The van der Waals surface area contributed by atoms with Gasteiger partial charge in [0.1, 0.15) is 5.65 Å². The van der Waals surface area contributed by atoms with Crippen LogP contribution in [0.3, 0.4) is 0 Å². The molecule has 0 aliphatic carbocycles. The Bertz CT molecular complexity index is 2450. The summed E-state index contributed by atoms with van der Waals surface area (Å²) in [4.78, 5) is 10.3. The molecule has 0 aliphatic heterocycles. The number of pyridine rings is 2. The molecular formula is C36H21N3. The van der Waals surface area contributed by atoms with Crippen molar-refractivity contribution in [1.29, 1.82) is 0 Å². The van der Waals surface area contributed by atoms with Crippen molar-refractivity contribution in [3.8, 4) is 11.1 Å². The molecule has 3 nitrogen and oxygen atoms in total. The minimum atomic E-state index is 0.942. The summed E-state index contributed by atoms with van der Waals surface area (Å²) in [7, 11) is 0. The molecule has 180 valence electrons. The van der Waals surface area contributed by atoms with Crippen LogP contribution in [-0.2, 0) is 0 Å². The third-order valence-electron chi connectivity index (χ3n) is 8.10. The van der Waals surface area contributed by atoms with Gasteiger partial charge in [0.2, 0.25) is 0 Å². The van der Waals surface area contributed by atoms with E-state index in [0.717, 1.165) is 49.4 Å². The molecule has 0 N–H and O–H groups in total. The average molecular weight is 496 g/mol. The van der Waals surface area contributed by atoms with Crippen molar-refractivity contribution in [3.63, 3.8) is 0 Å². The van der Waals surface area contributed by atoms with Crippen molar-refractivity contribution in [2.75, 3.05) is 0 Å². The highest BCUT2D eigenvalue weighted by Crippen LogP contribution is 2.38. The first-order chi connectivity index (χ1) is 19.3. The van der Waals surface area contributed by atoms with Gasteiger partial charge in [0.25, 0.3) is 0 Å². The molecule has 6 aromatic carbocycles. The Labute approximate surface area is 223 Å². The van der Waals surface area contributed by atoms with Gasteiger partial charge in [-0.1, -0.05) is 91.0 Å². The average Bonchev–Trinajstić information content (AvgIpc) is 3.40. The predicted molar refractivity (Wildman–Crippen MR) is 163 cm³/mol. The van der Waals surface area contributed by atoms with E-state index in [1.807, 2.05) is 0 Å². The summed E-state index contributed by atoms with van der Waals surface area (Å²) in [5.74, 6) is 0. The van der Waals surface area contributed by atoms with E-state index in [-0.39, 0.29) is 0 Å². The number of para-hydroxylation sites is 3. The molecule has 0 aliphatic rings. The second-order valence-electron chi connectivity index (χ2n) is 10.3. The Morgan fingerprint density at radius 1 is 0.436 bits per heavy atom. The minimum absolute atomic E-state index is 0.942. The highest BCUT2D eigenvalue weighted by Gasteiger charge is 2.17. The third-order valence-corrected chi connectivity index (χ3v) is 8.10. The van der Waals surface area contributed by atoms with E-state index in [4.69, 9.17) is 9.97 Å². The smallest absolute Gasteiger partial charge is 0.147 e. The summed E-state index contributed by atoms with van der Waals surface area (Å²) < 4.78 is 2.32. The van der Waals surface area contributed by atoms with E-state index in [1.54, 1.807) is 0 Å². The number of aromatic nitrogens is 3. The largest absolute Gasteiger partial charge is 0.292 e. The molecule has 3 heterocycles. The maximum absolute atomic E-state index is 5.17. The van der Waals surface area contributed by atoms with Gasteiger partial charge in [-0.05, 0) is 69.1 Å². The molecule has 0 bridgehead atoms. The van der Waals surface area contributed by atoms with Crippen molar-refractivity contribution in [2.45, 2.75) is 0 Å². The van der Waals surface area contributed by atoms with Gasteiger partial charge in [-0.15, -0.1) is 0 Å². The van der Waals surface area contributed by atoms with Crippen LogP contribution >= 0.6 is 0 Å². The Balaban J connectivity index is 1.47. The van der Waals surface area contributed by atoms with Crippen LogP contribution < -0.4 is 0 Å². The van der Waals surface area contributed by atoms with Crippen LogP contribution in [0.4, 0.5) is 0 Å². The first kappa shape index (κ1) is 20.7. The van der Waals surface area contributed by atoms with E-state index in [9.17, 15) is 0 Å². The van der Waals surface area contributed by atoms with Gasteiger partial charge in [-0.2, -0.15) is 0 Å². The summed E-state index contributed by atoms with van der Waals surface area (Å²) >= 11 is 0. The Morgan fingerprint density at radius 3 is 2.05 bits per heavy atom. The zero-order valence-electron chi connectivity index (χ0n) is 21.0. The summed E-state index contributed by atoms with van der Waals surface area (Å²) in [6, 6.07) is 45.5. The van der Waals surface area contributed by atoms with Crippen molar-refractivity contribution in [3.05, 3.63) is 127 Å². The molecule has 0 saturated heterocycles. The molecule has 0 unspecified atom stereocenters. The van der Waals surface area contributed by atoms with E-state index in [1.165, 1.54) is 32.7 Å². The maximum Gasteiger partial charge on any atom is 0.147 e. The fourth-order valence-corrected chi connectivity index (χ4v) is 6.32. The summed E-state index contributed by atoms with van der Waals surface area (Å²) in [6.07, 6.45) is 0. The molecule has 9 rings (SSSR count). The highest BCUT2D eigenvalue weighted by atomic mass is 15.0. The van der Waals surface area contributed by atoms with Crippen molar-refractivity contribution >= 4 is 70.9 Å². The third kappa shape index (κ3) is 2.87. The number of imidazole rings is 1. The standard InChI is InChI=1S/C36H21N3/c1-3-11-25-22(9-1)19-29(27-13-5-4-12-26(25)27)23-17-18-28-34(21-23)39-33-16-8-7-15-32(33)38-36(39)30-20-24-10-2-6-14-31(24)37-35(28)30/h1-21H. The van der Waals surface area contributed by atoms with E-state index < -0.39 is 0 Å². The molecule has 0 spiro atoms. The Kier molecular flexibility index (Phi) is 4.05. The molecule has 0 amide bonds. The van der Waals surface area contributed by atoms with Gasteiger partial charge in [-0.3, -0.25) is 4.40 Å². The van der Waals surface area contributed by atoms with E-state index in [0.29, 0.717) is 0 Å². The number of nitrogens with zero attached hydrogens (tertiary/aromatic N) is 3. The lowest BCUT2D eigenvalue weighted by molar-refractivity contribution is 1.31. The van der Waals surface area contributed by atoms with Crippen LogP contribution in [0.2, 0.25) is 0 Å². The lowest BCUT2D eigenvalue weighted by Crippen LogP contribution is -1.95. The zero-order chi connectivity index (χ0) is 25.5. The number of hydrogen-bond donors (Lipinski definition) is 0. The Morgan fingerprint density at radius 2 is 1.15 bits per heavy atom. The normalized spacial score (nSPS) is 12.1. The zero-order valence-corrected chi connectivity index (χ0v) is 21.0. The lowest BCUT2D eigenvalue weighted by atomic mass is 9.92. The van der Waals surface area contributed by atoms with E-state index in [2.05, 4.69) is 132 Å². The minimum Gasteiger partial charge on any atom is -0.292 e. The molecule has 0 fully saturated rings. The van der Waals surface area contributed by atoms with Crippen LogP contribution in [0.5, 0.6) is 0 Å². The van der Waals surface area contributed by atoms with Crippen molar-refractivity contribution in [1.82, 2.24) is 14.4 Å². The van der Waals surface area contributed by atoms with Gasteiger partial charge in [-0.25, -0.2) is 9.97 Å².